The molecule has 1 aromatic rings. The van der Waals surface area contributed by atoms with Gasteiger partial charge in [0.25, 0.3) is 0 Å². The smallest absolute Gasteiger partial charge is 0.0597 e. The summed E-state index contributed by atoms with van der Waals surface area (Å²) in [6, 6.07) is 4.09. The molecule has 0 N–H and O–H groups in total. The van der Waals surface area contributed by atoms with Crippen molar-refractivity contribution in [3.05, 3.63) is 60.6 Å². The van der Waals surface area contributed by atoms with E-state index in [0.717, 1.165) is 18.7 Å². The Bertz CT molecular complexity index is 509. The monoisotopic (exact) mass is 254 g/mol. The fraction of sp³-hybridized carbons (Fsp3) is 0.353. The number of hydrogen-bond donors (Lipinski definition) is 0. The second-order valence-corrected chi connectivity index (χ2v) is 5.74. The molecule has 1 aromatic heterocycles. The molecule has 2 heteroatoms. The topological polar surface area (TPSA) is 16.1 Å². The van der Waals surface area contributed by atoms with E-state index in [2.05, 4.69) is 55.5 Å². The molecule has 1 fully saturated rings. The van der Waals surface area contributed by atoms with Gasteiger partial charge in [0.1, 0.15) is 0 Å². The van der Waals surface area contributed by atoms with Crippen LogP contribution >= 0.6 is 0 Å². The van der Waals surface area contributed by atoms with Gasteiger partial charge in [-0.15, -0.1) is 0 Å². The van der Waals surface area contributed by atoms with Crippen molar-refractivity contribution in [3.63, 3.8) is 0 Å². The molecule has 2 heterocycles. The van der Waals surface area contributed by atoms with Crippen molar-refractivity contribution in [1.29, 1.82) is 0 Å². The largest absolute Gasteiger partial charge is 0.339 e. The molecule has 0 aromatic carbocycles. The summed E-state index contributed by atoms with van der Waals surface area (Å²) >= 11 is 0. The lowest BCUT2D eigenvalue weighted by Crippen LogP contribution is -2.40. The lowest BCUT2D eigenvalue weighted by molar-refractivity contribution is 0.351. The van der Waals surface area contributed by atoms with E-state index < -0.39 is 0 Å². The molecule has 100 valence electrons. The van der Waals surface area contributed by atoms with Crippen LogP contribution in [0.15, 0.2) is 60.6 Å². The molecular weight excluding hydrogens is 232 g/mol. The summed E-state index contributed by atoms with van der Waals surface area (Å²) in [5.41, 5.74) is 4.02. The van der Waals surface area contributed by atoms with Crippen LogP contribution in [0.3, 0.4) is 0 Å². The van der Waals surface area contributed by atoms with Crippen molar-refractivity contribution in [2.75, 3.05) is 11.4 Å². The Balaban J connectivity index is 2.48. The molecule has 0 amide bonds. The molecular formula is C17H22N2. The first-order chi connectivity index (χ1) is 9.07. The zero-order chi connectivity index (χ0) is 13.9. The van der Waals surface area contributed by atoms with Crippen LogP contribution < -0.4 is 4.90 Å². The van der Waals surface area contributed by atoms with E-state index in [-0.39, 0.29) is 5.41 Å². The van der Waals surface area contributed by atoms with Crippen LogP contribution in [0.5, 0.6) is 0 Å². The first kappa shape index (κ1) is 13.6. The van der Waals surface area contributed by atoms with Gasteiger partial charge in [-0.2, -0.15) is 0 Å². The van der Waals surface area contributed by atoms with Gasteiger partial charge >= 0.3 is 0 Å². The summed E-state index contributed by atoms with van der Waals surface area (Å²) in [7, 11) is 0. The lowest BCUT2D eigenvalue weighted by atomic mass is 9.79. The number of allylic oxidation sites excluding steroid dienone is 4. The zero-order valence-electron chi connectivity index (χ0n) is 12.1. The SMILES string of the molecule is C=C/C=C1\C(=C/C)CC(C)(C)CN1c1cccnc1. The molecule has 0 radical (unpaired) electrons. The average Bonchev–Trinajstić information content (AvgIpc) is 2.41. The minimum Gasteiger partial charge on any atom is -0.339 e. The van der Waals surface area contributed by atoms with E-state index in [9.17, 15) is 0 Å². The Morgan fingerprint density at radius 2 is 2.21 bits per heavy atom. The first-order valence-electron chi connectivity index (χ1n) is 6.73. The molecule has 19 heavy (non-hydrogen) atoms. The summed E-state index contributed by atoms with van der Waals surface area (Å²) in [6.07, 6.45) is 11.0. The summed E-state index contributed by atoms with van der Waals surface area (Å²) < 4.78 is 0. The van der Waals surface area contributed by atoms with E-state index in [1.807, 2.05) is 24.5 Å². The van der Waals surface area contributed by atoms with Gasteiger partial charge in [-0.25, -0.2) is 0 Å². The molecule has 0 bridgehead atoms. The van der Waals surface area contributed by atoms with Gasteiger partial charge in [0.15, 0.2) is 0 Å². The first-order valence-corrected chi connectivity index (χ1v) is 6.73. The quantitative estimate of drug-likeness (QED) is 0.780. The second-order valence-electron chi connectivity index (χ2n) is 5.74. The van der Waals surface area contributed by atoms with Crippen molar-refractivity contribution < 1.29 is 0 Å². The summed E-state index contributed by atoms with van der Waals surface area (Å²) in [4.78, 5) is 6.58. The number of aromatic nitrogens is 1. The van der Waals surface area contributed by atoms with Gasteiger partial charge in [0.05, 0.1) is 11.9 Å². The molecule has 0 atom stereocenters. The van der Waals surface area contributed by atoms with Crippen molar-refractivity contribution in [2.45, 2.75) is 27.2 Å². The fourth-order valence-corrected chi connectivity index (χ4v) is 2.65. The molecule has 2 rings (SSSR count). The van der Waals surface area contributed by atoms with Crippen LogP contribution in [0.4, 0.5) is 5.69 Å². The highest BCUT2D eigenvalue weighted by atomic mass is 15.2. The molecule has 0 saturated carbocycles. The standard InChI is InChI=1S/C17H22N2/c1-5-8-16-14(6-2)11-17(3,4)13-19(16)15-9-7-10-18-12-15/h5-10,12H,1,11,13H2,2-4H3/b14-6-,16-8+. The summed E-state index contributed by atoms with van der Waals surface area (Å²) in [6.45, 7) is 11.6. The number of anilines is 1. The maximum absolute atomic E-state index is 4.24. The van der Waals surface area contributed by atoms with Gasteiger partial charge < -0.3 is 4.90 Å². The van der Waals surface area contributed by atoms with Gasteiger partial charge in [0, 0.05) is 18.4 Å². The van der Waals surface area contributed by atoms with E-state index in [0.29, 0.717) is 0 Å². The van der Waals surface area contributed by atoms with E-state index in [4.69, 9.17) is 0 Å². The van der Waals surface area contributed by atoms with E-state index in [1.165, 1.54) is 11.3 Å². The summed E-state index contributed by atoms with van der Waals surface area (Å²) in [5.74, 6) is 0. The van der Waals surface area contributed by atoms with Crippen molar-refractivity contribution in [1.82, 2.24) is 4.98 Å². The maximum atomic E-state index is 4.24. The Morgan fingerprint density at radius 3 is 2.79 bits per heavy atom. The van der Waals surface area contributed by atoms with E-state index in [1.54, 1.807) is 0 Å². The van der Waals surface area contributed by atoms with Crippen molar-refractivity contribution in [2.24, 2.45) is 5.41 Å². The minimum atomic E-state index is 0.260. The highest BCUT2D eigenvalue weighted by Crippen LogP contribution is 2.39. The molecule has 0 aliphatic carbocycles. The Hall–Kier alpha value is -1.83. The number of piperidine rings is 1. The van der Waals surface area contributed by atoms with Crippen LogP contribution in [0, 0.1) is 5.41 Å². The Labute approximate surface area is 116 Å². The van der Waals surface area contributed by atoms with Crippen LogP contribution in [-0.4, -0.2) is 11.5 Å². The normalized spacial score (nSPS) is 22.8. The van der Waals surface area contributed by atoms with Crippen LogP contribution in [0.25, 0.3) is 0 Å². The fourth-order valence-electron chi connectivity index (χ4n) is 2.65. The third-order valence-corrected chi connectivity index (χ3v) is 3.46. The molecule has 1 aliphatic heterocycles. The number of pyridine rings is 1. The number of nitrogens with zero attached hydrogens (tertiary/aromatic N) is 2. The highest BCUT2D eigenvalue weighted by molar-refractivity contribution is 5.58. The van der Waals surface area contributed by atoms with Crippen molar-refractivity contribution >= 4 is 5.69 Å². The second kappa shape index (κ2) is 5.43. The predicted molar refractivity (Wildman–Crippen MR) is 82.0 cm³/mol. The molecule has 0 unspecified atom stereocenters. The predicted octanol–water partition coefficient (Wildman–Crippen LogP) is 4.33. The lowest BCUT2D eigenvalue weighted by Gasteiger charge is -2.42. The summed E-state index contributed by atoms with van der Waals surface area (Å²) in [5, 5.41) is 0. The van der Waals surface area contributed by atoms with Crippen LogP contribution in [0.2, 0.25) is 0 Å². The Morgan fingerprint density at radius 1 is 1.42 bits per heavy atom. The van der Waals surface area contributed by atoms with Crippen LogP contribution in [-0.2, 0) is 0 Å². The molecule has 0 spiro atoms. The minimum absolute atomic E-state index is 0.260. The molecule has 1 saturated heterocycles. The van der Waals surface area contributed by atoms with E-state index >= 15 is 0 Å². The van der Waals surface area contributed by atoms with Gasteiger partial charge in [-0.3, -0.25) is 4.98 Å². The maximum Gasteiger partial charge on any atom is 0.0597 e. The van der Waals surface area contributed by atoms with Gasteiger partial charge in [-0.05, 0) is 42.5 Å². The molecule has 2 nitrogen and oxygen atoms in total. The van der Waals surface area contributed by atoms with Gasteiger partial charge in [-0.1, -0.05) is 32.6 Å². The number of hydrogen-bond acceptors (Lipinski definition) is 2. The zero-order valence-corrected chi connectivity index (χ0v) is 12.1. The van der Waals surface area contributed by atoms with Gasteiger partial charge in [0.2, 0.25) is 0 Å². The third-order valence-electron chi connectivity index (χ3n) is 3.46. The third kappa shape index (κ3) is 2.95. The highest BCUT2D eigenvalue weighted by Gasteiger charge is 2.32. The van der Waals surface area contributed by atoms with Crippen molar-refractivity contribution in [3.8, 4) is 0 Å². The Kier molecular flexibility index (Phi) is 3.89. The van der Waals surface area contributed by atoms with Crippen LogP contribution in [0.1, 0.15) is 27.2 Å². The average molecular weight is 254 g/mol. The molecule has 1 aliphatic rings. The number of rotatable bonds is 2.